The number of anilines is 1. The van der Waals surface area contributed by atoms with Gasteiger partial charge in [-0.15, -0.1) is 5.10 Å². The normalized spacial score (nSPS) is 13.9. The van der Waals surface area contributed by atoms with Gasteiger partial charge in [0.25, 0.3) is 17.6 Å². The molecule has 5 rings (SSSR count). The van der Waals surface area contributed by atoms with Gasteiger partial charge in [0.05, 0.1) is 36.0 Å². The van der Waals surface area contributed by atoms with Gasteiger partial charge < -0.3 is 25.3 Å². The zero-order valence-corrected chi connectivity index (χ0v) is 18.3. The fourth-order valence-corrected chi connectivity index (χ4v) is 4.27. The number of hydrogen-bond donors (Lipinski definition) is 2. The van der Waals surface area contributed by atoms with E-state index in [0.29, 0.717) is 31.6 Å². The number of carbonyl (C=O) groups is 3. The van der Waals surface area contributed by atoms with E-state index in [4.69, 9.17) is 10.5 Å². The van der Waals surface area contributed by atoms with Gasteiger partial charge in [-0.05, 0) is 0 Å². The predicted molar refractivity (Wildman–Crippen MR) is 124 cm³/mol. The Kier molecular flexibility index (Phi) is 5.28. The molecule has 4 heterocycles. The number of methoxy groups -OCH3 is 1. The van der Waals surface area contributed by atoms with E-state index < -0.39 is 17.6 Å². The van der Waals surface area contributed by atoms with Crippen LogP contribution in [-0.4, -0.2) is 76.0 Å². The van der Waals surface area contributed by atoms with Gasteiger partial charge in [0.2, 0.25) is 0 Å². The summed E-state index contributed by atoms with van der Waals surface area (Å²) < 4.78 is 5.30. The van der Waals surface area contributed by atoms with Crippen LogP contribution in [-0.2, 0) is 4.79 Å². The third-order valence-electron chi connectivity index (χ3n) is 5.98. The molecule has 0 radical (unpaired) electrons. The Bertz CT molecular complexity index is 1430. The van der Waals surface area contributed by atoms with E-state index in [1.54, 1.807) is 6.20 Å². The number of nitrogens with two attached hydrogens (primary N) is 1. The minimum atomic E-state index is -0.757. The highest BCUT2D eigenvalue weighted by Crippen LogP contribution is 2.30. The lowest BCUT2D eigenvalue weighted by molar-refractivity contribution is -0.126. The van der Waals surface area contributed by atoms with Crippen molar-refractivity contribution in [3.63, 3.8) is 0 Å². The van der Waals surface area contributed by atoms with Gasteiger partial charge in [-0.25, -0.2) is 4.98 Å². The van der Waals surface area contributed by atoms with E-state index in [0.717, 1.165) is 16.6 Å². The van der Waals surface area contributed by atoms with Crippen molar-refractivity contribution in [1.82, 2.24) is 25.1 Å². The third-order valence-corrected chi connectivity index (χ3v) is 5.98. The molecule has 172 valence electrons. The van der Waals surface area contributed by atoms with Crippen molar-refractivity contribution >= 4 is 45.1 Å². The number of piperazine rings is 1. The molecule has 1 aliphatic heterocycles. The van der Waals surface area contributed by atoms with Crippen molar-refractivity contribution in [1.29, 1.82) is 0 Å². The first-order valence-electron chi connectivity index (χ1n) is 10.6. The average Bonchev–Trinajstić information content (AvgIpc) is 3.32. The number of aromatic amines is 1. The Balaban J connectivity index is 1.37. The molecule has 3 aromatic heterocycles. The highest BCUT2D eigenvalue weighted by Gasteiger charge is 2.31. The van der Waals surface area contributed by atoms with Gasteiger partial charge >= 0.3 is 0 Å². The Morgan fingerprint density at radius 3 is 2.59 bits per heavy atom. The molecular weight excluding hydrogens is 438 g/mol. The Labute approximate surface area is 193 Å². The molecule has 0 unspecified atom stereocenters. The van der Waals surface area contributed by atoms with Crippen LogP contribution >= 0.6 is 0 Å². The molecule has 0 spiro atoms. The molecule has 0 aliphatic carbocycles. The highest BCUT2D eigenvalue weighted by atomic mass is 16.5. The number of rotatable bonds is 5. The second kappa shape index (κ2) is 8.43. The molecule has 3 N–H and O–H groups in total. The molecule has 34 heavy (non-hydrogen) atoms. The summed E-state index contributed by atoms with van der Waals surface area (Å²) in [5, 5.41) is 10.7. The molecule has 1 aromatic carbocycles. The monoisotopic (exact) mass is 459 g/mol. The fourth-order valence-electron chi connectivity index (χ4n) is 4.27. The molecule has 11 heteroatoms. The van der Waals surface area contributed by atoms with Crippen LogP contribution in [0.1, 0.15) is 20.8 Å². The first kappa shape index (κ1) is 21.3. The van der Waals surface area contributed by atoms with E-state index in [9.17, 15) is 14.4 Å². The van der Waals surface area contributed by atoms with Crippen molar-refractivity contribution in [2.75, 3.05) is 38.2 Å². The van der Waals surface area contributed by atoms with Gasteiger partial charge in [0.15, 0.2) is 11.5 Å². The third kappa shape index (κ3) is 3.47. The lowest BCUT2D eigenvalue weighted by atomic mass is 10.1. The van der Waals surface area contributed by atoms with Crippen molar-refractivity contribution < 1.29 is 19.1 Å². The summed E-state index contributed by atoms with van der Waals surface area (Å²) in [6.07, 6.45) is 4.40. The zero-order valence-electron chi connectivity index (χ0n) is 18.3. The highest BCUT2D eigenvalue weighted by molar-refractivity contribution is 6.45. The number of aromatic nitrogens is 4. The predicted octanol–water partition coefficient (Wildman–Crippen LogP) is 1.15. The van der Waals surface area contributed by atoms with Crippen LogP contribution in [0.25, 0.3) is 21.7 Å². The van der Waals surface area contributed by atoms with E-state index in [2.05, 4.69) is 25.1 Å². The van der Waals surface area contributed by atoms with Crippen LogP contribution in [0.15, 0.2) is 42.9 Å². The first-order valence-corrected chi connectivity index (χ1v) is 10.6. The standard InChI is InChI=1S/C23H21N7O4/c1-34-16-12-26-19(21(24)32)18-17(16)15(11-25-18)20(31)23(33)30-8-6-29(7-9-30)22-14-5-3-2-4-13(14)10-27-28-22/h2-5,10-12,25H,6-9H2,1H3,(H2,24,32). The summed E-state index contributed by atoms with van der Waals surface area (Å²) >= 11 is 0. The number of nitrogens with one attached hydrogen (secondary N) is 1. The molecule has 0 atom stereocenters. The van der Waals surface area contributed by atoms with E-state index in [-0.39, 0.29) is 22.5 Å². The number of Topliss-reactive ketones (excluding diaryl/α,β-unsaturated/α-hetero) is 1. The summed E-state index contributed by atoms with van der Waals surface area (Å²) in [6.45, 7) is 1.72. The Morgan fingerprint density at radius 1 is 1.09 bits per heavy atom. The number of hydrogen-bond acceptors (Lipinski definition) is 8. The number of primary amides is 1. The number of ketones is 1. The lowest BCUT2D eigenvalue weighted by Gasteiger charge is -2.35. The summed E-state index contributed by atoms with van der Waals surface area (Å²) in [4.78, 5) is 48.4. The smallest absolute Gasteiger partial charge is 0.295 e. The molecule has 0 bridgehead atoms. The Hall–Kier alpha value is -4.54. The minimum absolute atomic E-state index is 0.0351. The summed E-state index contributed by atoms with van der Waals surface area (Å²) in [6, 6.07) is 7.85. The second-order valence-corrected chi connectivity index (χ2v) is 7.86. The molecule has 0 saturated carbocycles. The van der Waals surface area contributed by atoms with Gasteiger partial charge in [0, 0.05) is 43.1 Å². The summed E-state index contributed by atoms with van der Waals surface area (Å²) in [5.74, 6) is -1.08. The molecule has 2 amide bonds. The molecular formula is C23H21N7O4. The number of fused-ring (bicyclic) bond motifs is 2. The number of amides is 2. The molecule has 4 aromatic rings. The molecule has 1 saturated heterocycles. The van der Waals surface area contributed by atoms with Crippen LogP contribution in [0.4, 0.5) is 5.82 Å². The number of H-pyrrole nitrogens is 1. The van der Waals surface area contributed by atoms with Crippen LogP contribution in [0, 0.1) is 0 Å². The number of benzene rings is 1. The van der Waals surface area contributed by atoms with Gasteiger partial charge in [0.1, 0.15) is 5.75 Å². The summed E-state index contributed by atoms with van der Waals surface area (Å²) in [7, 11) is 1.42. The number of pyridine rings is 1. The van der Waals surface area contributed by atoms with Crippen molar-refractivity contribution in [2.45, 2.75) is 0 Å². The summed E-state index contributed by atoms with van der Waals surface area (Å²) in [5.41, 5.74) is 5.71. The number of nitrogens with zero attached hydrogens (tertiary/aromatic N) is 5. The topological polar surface area (TPSA) is 147 Å². The maximum absolute atomic E-state index is 13.2. The average molecular weight is 459 g/mol. The SMILES string of the molecule is COc1cnc(C(N)=O)c2[nH]cc(C(=O)C(=O)N3CCN(c4nncc5ccccc45)CC3)c12. The van der Waals surface area contributed by atoms with Gasteiger partial charge in [-0.1, -0.05) is 24.3 Å². The first-order chi connectivity index (χ1) is 16.5. The number of ether oxygens (including phenoxy) is 1. The largest absolute Gasteiger partial charge is 0.494 e. The van der Waals surface area contributed by atoms with E-state index in [1.165, 1.54) is 24.4 Å². The maximum atomic E-state index is 13.2. The van der Waals surface area contributed by atoms with E-state index >= 15 is 0 Å². The fraction of sp³-hybridized carbons (Fsp3) is 0.217. The van der Waals surface area contributed by atoms with Crippen LogP contribution in [0.5, 0.6) is 5.75 Å². The number of carbonyl (C=O) groups excluding carboxylic acids is 3. The quantitative estimate of drug-likeness (QED) is 0.334. The van der Waals surface area contributed by atoms with E-state index in [1.807, 2.05) is 24.3 Å². The second-order valence-electron chi connectivity index (χ2n) is 7.86. The minimum Gasteiger partial charge on any atom is -0.494 e. The zero-order chi connectivity index (χ0) is 23.8. The van der Waals surface area contributed by atoms with Crippen LogP contribution < -0.4 is 15.4 Å². The van der Waals surface area contributed by atoms with Crippen LogP contribution in [0.2, 0.25) is 0 Å². The van der Waals surface area contributed by atoms with Crippen molar-refractivity contribution in [3.8, 4) is 5.75 Å². The molecule has 11 nitrogen and oxygen atoms in total. The molecule has 1 aliphatic rings. The maximum Gasteiger partial charge on any atom is 0.295 e. The molecule has 1 fully saturated rings. The Morgan fingerprint density at radius 2 is 1.85 bits per heavy atom. The lowest BCUT2D eigenvalue weighted by Crippen LogP contribution is -2.51. The van der Waals surface area contributed by atoms with Gasteiger partial charge in [-0.3, -0.25) is 14.4 Å². The van der Waals surface area contributed by atoms with Crippen molar-refractivity contribution in [2.24, 2.45) is 5.73 Å². The van der Waals surface area contributed by atoms with Crippen LogP contribution in [0.3, 0.4) is 0 Å². The van der Waals surface area contributed by atoms with Gasteiger partial charge in [-0.2, -0.15) is 5.10 Å². The van der Waals surface area contributed by atoms with Crippen molar-refractivity contribution in [3.05, 3.63) is 54.1 Å².